The lowest BCUT2D eigenvalue weighted by molar-refractivity contribution is -0.384. The molecule has 6 heteroatoms. The molecule has 0 spiro atoms. The SMILES string of the molecule is O=[N+]([O-])c1cccc(CNC[C@@]2(CCO)CCOC2)c1. The lowest BCUT2D eigenvalue weighted by Gasteiger charge is -2.26. The Morgan fingerprint density at radius 3 is 3.00 bits per heavy atom. The van der Waals surface area contributed by atoms with E-state index in [1.807, 2.05) is 6.07 Å². The first-order chi connectivity index (χ1) is 9.65. The zero-order chi connectivity index (χ0) is 14.4. The maximum absolute atomic E-state index is 10.7. The van der Waals surface area contributed by atoms with E-state index < -0.39 is 0 Å². The molecule has 0 aliphatic carbocycles. The van der Waals surface area contributed by atoms with Crippen LogP contribution in [0.15, 0.2) is 24.3 Å². The Bertz CT molecular complexity index is 458. The minimum Gasteiger partial charge on any atom is -0.396 e. The maximum Gasteiger partial charge on any atom is 0.269 e. The van der Waals surface area contributed by atoms with Crippen LogP contribution in [0.2, 0.25) is 0 Å². The number of aliphatic hydroxyl groups excluding tert-OH is 1. The van der Waals surface area contributed by atoms with E-state index in [-0.39, 0.29) is 22.6 Å². The molecular formula is C14H20N2O4. The maximum atomic E-state index is 10.7. The predicted octanol–water partition coefficient (Wildman–Crippen LogP) is 1.47. The predicted molar refractivity (Wildman–Crippen MR) is 74.4 cm³/mol. The highest BCUT2D eigenvalue weighted by atomic mass is 16.6. The lowest BCUT2D eigenvalue weighted by Crippen LogP contribution is -2.35. The summed E-state index contributed by atoms with van der Waals surface area (Å²) >= 11 is 0. The summed E-state index contributed by atoms with van der Waals surface area (Å²) in [6, 6.07) is 6.62. The Hall–Kier alpha value is -1.50. The third-order valence-corrected chi connectivity index (χ3v) is 3.78. The van der Waals surface area contributed by atoms with Gasteiger partial charge in [-0.15, -0.1) is 0 Å². The molecule has 110 valence electrons. The minimum absolute atomic E-state index is 0.00450. The van der Waals surface area contributed by atoms with E-state index in [9.17, 15) is 10.1 Å². The van der Waals surface area contributed by atoms with Crippen LogP contribution in [-0.2, 0) is 11.3 Å². The Morgan fingerprint density at radius 2 is 2.35 bits per heavy atom. The fraction of sp³-hybridized carbons (Fsp3) is 0.571. The first kappa shape index (κ1) is 14.9. The van der Waals surface area contributed by atoms with Crippen molar-refractivity contribution in [2.75, 3.05) is 26.4 Å². The average Bonchev–Trinajstić information content (AvgIpc) is 2.88. The molecule has 1 fully saturated rings. The van der Waals surface area contributed by atoms with Crippen LogP contribution in [0, 0.1) is 15.5 Å². The van der Waals surface area contributed by atoms with Crippen LogP contribution in [0.1, 0.15) is 18.4 Å². The van der Waals surface area contributed by atoms with Gasteiger partial charge in [0.05, 0.1) is 11.5 Å². The standard InChI is InChI=1S/C14H20N2O4/c17-6-4-14(5-7-20-11-14)10-15-9-12-2-1-3-13(8-12)16(18)19/h1-3,8,15,17H,4-7,9-11H2/t14-/m1/s1. The molecule has 1 heterocycles. The van der Waals surface area contributed by atoms with Crippen LogP contribution >= 0.6 is 0 Å². The summed E-state index contributed by atoms with van der Waals surface area (Å²) in [5.74, 6) is 0. The third kappa shape index (κ3) is 3.75. The summed E-state index contributed by atoms with van der Waals surface area (Å²) in [6.45, 7) is 2.88. The molecule has 20 heavy (non-hydrogen) atoms. The molecule has 1 saturated heterocycles. The molecule has 2 rings (SSSR count). The Kier molecular flexibility index (Phi) is 5.05. The van der Waals surface area contributed by atoms with Crippen LogP contribution in [0.5, 0.6) is 0 Å². The molecular weight excluding hydrogens is 260 g/mol. The largest absolute Gasteiger partial charge is 0.396 e. The second kappa shape index (κ2) is 6.78. The molecule has 6 nitrogen and oxygen atoms in total. The van der Waals surface area contributed by atoms with Gasteiger partial charge in [0.15, 0.2) is 0 Å². The fourth-order valence-electron chi connectivity index (χ4n) is 2.56. The van der Waals surface area contributed by atoms with E-state index in [0.717, 1.165) is 31.6 Å². The second-order valence-electron chi connectivity index (χ2n) is 5.31. The van der Waals surface area contributed by atoms with Gasteiger partial charge in [-0.3, -0.25) is 10.1 Å². The molecule has 1 aliphatic heterocycles. The van der Waals surface area contributed by atoms with Crippen molar-refractivity contribution in [3.05, 3.63) is 39.9 Å². The number of benzene rings is 1. The zero-order valence-electron chi connectivity index (χ0n) is 11.4. The first-order valence-corrected chi connectivity index (χ1v) is 6.78. The number of ether oxygens (including phenoxy) is 1. The van der Waals surface area contributed by atoms with Crippen LogP contribution in [-0.4, -0.2) is 36.4 Å². The van der Waals surface area contributed by atoms with Gasteiger partial charge in [-0.25, -0.2) is 0 Å². The van der Waals surface area contributed by atoms with Gasteiger partial charge in [0.1, 0.15) is 0 Å². The minimum atomic E-state index is -0.387. The fourth-order valence-corrected chi connectivity index (χ4v) is 2.56. The van der Waals surface area contributed by atoms with E-state index in [1.165, 1.54) is 6.07 Å². The molecule has 1 aromatic carbocycles. The number of aliphatic hydroxyl groups is 1. The van der Waals surface area contributed by atoms with Crippen molar-refractivity contribution in [1.29, 1.82) is 0 Å². The average molecular weight is 280 g/mol. The van der Waals surface area contributed by atoms with Crippen molar-refractivity contribution in [2.24, 2.45) is 5.41 Å². The number of nitrogens with zero attached hydrogens (tertiary/aromatic N) is 1. The molecule has 0 amide bonds. The molecule has 0 aromatic heterocycles. The molecule has 2 N–H and O–H groups in total. The molecule has 0 radical (unpaired) electrons. The van der Waals surface area contributed by atoms with Gasteiger partial charge >= 0.3 is 0 Å². The monoisotopic (exact) mass is 280 g/mol. The Morgan fingerprint density at radius 1 is 1.50 bits per heavy atom. The molecule has 0 unspecified atom stereocenters. The summed E-state index contributed by atoms with van der Waals surface area (Å²) in [5, 5.41) is 23.2. The van der Waals surface area contributed by atoms with Crippen molar-refractivity contribution in [1.82, 2.24) is 5.32 Å². The highest BCUT2D eigenvalue weighted by molar-refractivity contribution is 5.34. The lowest BCUT2D eigenvalue weighted by atomic mass is 9.84. The van der Waals surface area contributed by atoms with Gasteiger partial charge < -0.3 is 15.2 Å². The summed E-state index contributed by atoms with van der Waals surface area (Å²) in [7, 11) is 0. The highest BCUT2D eigenvalue weighted by Crippen LogP contribution is 2.31. The van der Waals surface area contributed by atoms with Crippen molar-refractivity contribution in [3.63, 3.8) is 0 Å². The van der Waals surface area contributed by atoms with Crippen molar-refractivity contribution in [3.8, 4) is 0 Å². The van der Waals surface area contributed by atoms with Crippen LogP contribution < -0.4 is 5.32 Å². The van der Waals surface area contributed by atoms with Crippen molar-refractivity contribution in [2.45, 2.75) is 19.4 Å². The van der Waals surface area contributed by atoms with Gasteiger partial charge in [0.2, 0.25) is 0 Å². The smallest absolute Gasteiger partial charge is 0.269 e. The first-order valence-electron chi connectivity index (χ1n) is 6.78. The van der Waals surface area contributed by atoms with E-state index in [1.54, 1.807) is 12.1 Å². The number of hydrogen-bond donors (Lipinski definition) is 2. The van der Waals surface area contributed by atoms with Crippen LogP contribution in [0.3, 0.4) is 0 Å². The summed E-state index contributed by atoms with van der Waals surface area (Å²) in [5.41, 5.74) is 0.992. The topological polar surface area (TPSA) is 84.6 Å². The summed E-state index contributed by atoms with van der Waals surface area (Å²) in [6.07, 6.45) is 1.66. The summed E-state index contributed by atoms with van der Waals surface area (Å²) < 4.78 is 5.43. The number of hydrogen-bond acceptors (Lipinski definition) is 5. The second-order valence-corrected chi connectivity index (χ2v) is 5.31. The van der Waals surface area contributed by atoms with Gasteiger partial charge in [-0.1, -0.05) is 12.1 Å². The van der Waals surface area contributed by atoms with Gasteiger partial charge in [0.25, 0.3) is 5.69 Å². The number of nitro benzene ring substituents is 1. The molecule has 1 atom stereocenters. The third-order valence-electron chi connectivity index (χ3n) is 3.78. The number of nitrogens with one attached hydrogen (secondary N) is 1. The summed E-state index contributed by atoms with van der Waals surface area (Å²) in [4.78, 5) is 10.3. The van der Waals surface area contributed by atoms with Gasteiger partial charge in [-0.2, -0.15) is 0 Å². The molecule has 0 bridgehead atoms. The quantitative estimate of drug-likeness (QED) is 0.583. The van der Waals surface area contributed by atoms with Crippen LogP contribution in [0.4, 0.5) is 5.69 Å². The number of rotatable bonds is 7. The number of nitro groups is 1. The molecule has 1 aliphatic rings. The Balaban J connectivity index is 1.88. The van der Waals surface area contributed by atoms with Gasteiger partial charge in [-0.05, 0) is 18.4 Å². The van der Waals surface area contributed by atoms with Crippen molar-refractivity contribution >= 4 is 5.69 Å². The normalized spacial score (nSPS) is 22.1. The van der Waals surface area contributed by atoms with Gasteiger partial charge in [0, 0.05) is 43.9 Å². The zero-order valence-corrected chi connectivity index (χ0v) is 11.4. The van der Waals surface area contributed by atoms with E-state index in [2.05, 4.69) is 5.32 Å². The van der Waals surface area contributed by atoms with E-state index in [0.29, 0.717) is 13.2 Å². The van der Waals surface area contributed by atoms with Crippen molar-refractivity contribution < 1.29 is 14.8 Å². The number of non-ortho nitro benzene ring substituents is 1. The Labute approximate surface area is 117 Å². The van der Waals surface area contributed by atoms with Crippen LogP contribution in [0.25, 0.3) is 0 Å². The molecule has 0 saturated carbocycles. The van der Waals surface area contributed by atoms with E-state index in [4.69, 9.17) is 9.84 Å². The highest BCUT2D eigenvalue weighted by Gasteiger charge is 2.33. The van der Waals surface area contributed by atoms with E-state index >= 15 is 0 Å². The molecule has 1 aromatic rings.